The molecule has 1 aliphatic heterocycles. The van der Waals surface area contributed by atoms with E-state index in [1.54, 1.807) is 37.9 Å². The van der Waals surface area contributed by atoms with E-state index in [0.29, 0.717) is 31.0 Å². The van der Waals surface area contributed by atoms with E-state index in [9.17, 15) is 19.5 Å². The molecular weight excluding hydrogens is 470 g/mol. The highest BCUT2D eigenvalue weighted by Crippen LogP contribution is 2.45. The van der Waals surface area contributed by atoms with E-state index < -0.39 is 29.1 Å². The number of nitrogens with one attached hydrogen (secondary N) is 2. The summed E-state index contributed by atoms with van der Waals surface area (Å²) in [5.74, 6) is -0.896. The van der Waals surface area contributed by atoms with Gasteiger partial charge in [-0.1, -0.05) is 43.0 Å². The van der Waals surface area contributed by atoms with E-state index in [4.69, 9.17) is 16.3 Å². The number of aliphatic carboxylic acids is 1. The summed E-state index contributed by atoms with van der Waals surface area (Å²) < 4.78 is 5.36. The summed E-state index contributed by atoms with van der Waals surface area (Å²) in [4.78, 5) is 37.9. The first kappa shape index (κ1) is 27.3. The molecule has 8 nitrogen and oxygen atoms in total. The van der Waals surface area contributed by atoms with Gasteiger partial charge in [-0.3, -0.25) is 15.0 Å². The standard InChI is InChI=1S/C26H38ClN3O5/c1-25(2,3)35-24(34)28-21(17-18-9-11-20(27)12-10-18)22(31)29-30-15-13-26(14-16-30,23(32)33)19-7-5-4-6-8-19/h9-12,19,21H,4-8,13-17H2,1-3H3,(H,28,34)(H,29,31)(H,32,33)/t21-/m1/s1. The van der Waals surface area contributed by atoms with Crippen molar-refractivity contribution in [2.24, 2.45) is 11.3 Å². The number of hydrogen-bond acceptors (Lipinski definition) is 5. The van der Waals surface area contributed by atoms with Crippen molar-refractivity contribution >= 4 is 29.6 Å². The molecule has 1 aliphatic carbocycles. The molecule has 1 saturated carbocycles. The maximum Gasteiger partial charge on any atom is 0.408 e. The summed E-state index contributed by atoms with van der Waals surface area (Å²) in [6.07, 6.45) is 5.84. The van der Waals surface area contributed by atoms with Gasteiger partial charge in [-0.05, 0) is 70.1 Å². The van der Waals surface area contributed by atoms with Crippen LogP contribution in [0.15, 0.2) is 24.3 Å². The number of hydrazine groups is 1. The smallest absolute Gasteiger partial charge is 0.408 e. The molecule has 1 atom stereocenters. The molecule has 1 aromatic carbocycles. The lowest BCUT2D eigenvalue weighted by Crippen LogP contribution is -2.58. The molecule has 9 heteroatoms. The number of halogens is 1. The van der Waals surface area contributed by atoms with Crippen LogP contribution in [0.25, 0.3) is 0 Å². The fourth-order valence-corrected chi connectivity index (χ4v) is 5.34. The van der Waals surface area contributed by atoms with Gasteiger partial charge < -0.3 is 15.2 Å². The zero-order chi connectivity index (χ0) is 25.6. The topological polar surface area (TPSA) is 108 Å². The minimum atomic E-state index is -0.865. The van der Waals surface area contributed by atoms with Gasteiger partial charge in [0.1, 0.15) is 11.6 Å². The second-order valence-corrected chi connectivity index (χ2v) is 11.2. The van der Waals surface area contributed by atoms with Crippen LogP contribution in [0, 0.1) is 11.3 Å². The fourth-order valence-electron chi connectivity index (χ4n) is 5.22. The van der Waals surface area contributed by atoms with Crippen molar-refractivity contribution in [1.29, 1.82) is 0 Å². The summed E-state index contributed by atoms with van der Waals surface area (Å²) in [5.41, 5.74) is 2.32. The van der Waals surface area contributed by atoms with Gasteiger partial charge in [0.15, 0.2) is 0 Å². The summed E-state index contributed by atoms with van der Waals surface area (Å²) >= 11 is 5.98. The Balaban J connectivity index is 1.65. The van der Waals surface area contributed by atoms with E-state index in [2.05, 4.69) is 10.7 Å². The Morgan fingerprint density at radius 2 is 1.71 bits per heavy atom. The predicted octanol–water partition coefficient (Wildman–Crippen LogP) is 4.55. The molecule has 1 heterocycles. The number of piperidine rings is 1. The molecular formula is C26H38ClN3O5. The van der Waals surface area contributed by atoms with Crippen LogP contribution in [0.3, 0.4) is 0 Å². The molecule has 2 amide bonds. The number of carbonyl (C=O) groups excluding carboxylic acids is 2. The summed E-state index contributed by atoms with van der Waals surface area (Å²) in [7, 11) is 0. The highest BCUT2D eigenvalue weighted by atomic mass is 35.5. The normalized spacial score (nSPS) is 20.0. The molecule has 3 N–H and O–H groups in total. The molecule has 3 rings (SSSR count). The number of carboxylic acids is 1. The fraction of sp³-hybridized carbons (Fsp3) is 0.654. The lowest BCUT2D eigenvalue weighted by molar-refractivity contribution is -0.159. The monoisotopic (exact) mass is 507 g/mol. The molecule has 0 bridgehead atoms. The van der Waals surface area contributed by atoms with Gasteiger partial charge in [-0.25, -0.2) is 9.80 Å². The van der Waals surface area contributed by atoms with E-state index in [0.717, 1.165) is 31.2 Å². The lowest BCUT2D eigenvalue weighted by atomic mass is 9.64. The summed E-state index contributed by atoms with van der Waals surface area (Å²) in [6.45, 7) is 6.18. The van der Waals surface area contributed by atoms with Gasteiger partial charge in [0, 0.05) is 24.5 Å². The largest absolute Gasteiger partial charge is 0.481 e. The van der Waals surface area contributed by atoms with Crippen LogP contribution < -0.4 is 10.7 Å². The maximum atomic E-state index is 13.2. The van der Waals surface area contributed by atoms with Crippen molar-refractivity contribution < 1.29 is 24.2 Å². The SMILES string of the molecule is CC(C)(C)OC(=O)N[C@H](Cc1ccc(Cl)cc1)C(=O)NN1CCC(C(=O)O)(C2CCCCC2)CC1. The van der Waals surface area contributed by atoms with Crippen molar-refractivity contribution in [3.8, 4) is 0 Å². The minimum Gasteiger partial charge on any atom is -0.481 e. The van der Waals surface area contributed by atoms with Crippen LogP contribution in [0.1, 0.15) is 71.3 Å². The van der Waals surface area contributed by atoms with Crippen molar-refractivity contribution in [2.75, 3.05) is 13.1 Å². The van der Waals surface area contributed by atoms with Crippen LogP contribution in [-0.2, 0) is 20.7 Å². The first-order valence-electron chi connectivity index (χ1n) is 12.5. The molecule has 194 valence electrons. The van der Waals surface area contributed by atoms with Crippen LogP contribution >= 0.6 is 11.6 Å². The van der Waals surface area contributed by atoms with Crippen LogP contribution in [-0.4, -0.2) is 52.8 Å². The zero-order valence-corrected chi connectivity index (χ0v) is 21.7. The Kier molecular flexibility index (Phi) is 9.05. The van der Waals surface area contributed by atoms with E-state index in [1.165, 1.54) is 6.42 Å². The van der Waals surface area contributed by atoms with Crippen molar-refractivity contribution in [3.05, 3.63) is 34.9 Å². The Bertz CT molecular complexity index is 885. The Morgan fingerprint density at radius 1 is 1.11 bits per heavy atom. The molecule has 0 unspecified atom stereocenters. The average Bonchev–Trinajstić information content (AvgIpc) is 2.80. The summed E-state index contributed by atoms with van der Waals surface area (Å²) in [5, 5.41) is 15.1. The van der Waals surface area contributed by atoms with Gasteiger partial charge in [0.05, 0.1) is 5.41 Å². The van der Waals surface area contributed by atoms with E-state index in [-0.39, 0.29) is 18.2 Å². The van der Waals surface area contributed by atoms with Gasteiger partial charge in [-0.2, -0.15) is 0 Å². The average molecular weight is 508 g/mol. The lowest BCUT2D eigenvalue weighted by Gasteiger charge is -2.45. The summed E-state index contributed by atoms with van der Waals surface area (Å²) in [6, 6.07) is 6.23. The van der Waals surface area contributed by atoms with Gasteiger partial charge in [0.2, 0.25) is 0 Å². The van der Waals surface area contributed by atoms with Gasteiger partial charge in [0.25, 0.3) is 5.91 Å². The minimum absolute atomic E-state index is 0.193. The Morgan fingerprint density at radius 3 is 2.26 bits per heavy atom. The Hall–Kier alpha value is -2.32. The molecule has 1 aromatic rings. The first-order chi connectivity index (χ1) is 16.5. The van der Waals surface area contributed by atoms with Crippen molar-refractivity contribution in [3.63, 3.8) is 0 Å². The molecule has 2 fully saturated rings. The zero-order valence-electron chi connectivity index (χ0n) is 20.9. The van der Waals surface area contributed by atoms with Crippen LogP contribution in [0.4, 0.5) is 4.79 Å². The third-order valence-corrected chi connectivity index (χ3v) is 7.35. The molecule has 0 spiro atoms. The van der Waals surface area contributed by atoms with E-state index >= 15 is 0 Å². The molecule has 0 aromatic heterocycles. The Labute approximate surface area is 212 Å². The van der Waals surface area contributed by atoms with Crippen LogP contribution in [0.5, 0.6) is 0 Å². The second-order valence-electron chi connectivity index (χ2n) is 10.8. The molecule has 2 aliphatic rings. The quantitative estimate of drug-likeness (QED) is 0.499. The number of benzene rings is 1. The highest BCUT2D eigenvalue weighted by molar-refractivity contribution is 6.30. The molecule has 35 heavy (non-hydrogen) atoms. The second kappa shape index (κ2) is 11.6. The number of ether oxygens (including phenoxy) is 1. The number of hydrogen-bond donors (Lipinski definition) is 3. The van der Waals surface area contributed by atoms with E-state index in [1.807, 2.05) is 12.1 Å². The predicted molar refractivity (Wildman–Crippen MR) is 134 cm³/mol. The maximum absolute atomic E-state index is 13.2. The van der Waals surface area contributed by atoms with Gasteiger partial charge >= 0.3 is 12.1 Å². The third-order valence-electron chi connectivity index (χ3n) is 7.10. The number of amides is 2. The molecule has 0 radical (unpaired) electrons. The number of rotatable bonds is 7. The highest BCUT2D eigenvalue weighted by Gasteiger charge is 2.48. The molecule has 1 saturated heterocycles. The number of nitrogens with zero attached hydrogens (tertiary/aromatic N) is 1. The number of carbonyl (C=O) groups is 3. The number of carboxylic acid groups (broad SMARTS) is 1. The first-order valence-corrected chi connectivity index (χ1v) is 12.9. The third kappa shape index (κ3) is 7.58. The van der Waals surface area contributed by atoms with Crippen molar-refractivity contribution in [1.82, 2.24) is 15.8 Å². The number of alkyl carbamates (subject to hydrolysis) is 1. The van der Waals surface area contributed by atoms with Gasteiger partial charge in [-0.15, -0.1) is 0 Å². The van der Waals surface area contributed by atoms with Crippen molar-refractivity contribution in [2.45, 2.75) is 83.8 Å². The van der Waals surface area contributed by atoms with Crippen LogP contribution in [0.2, 0.25) is 5.02 Å².